The molecule has 1 aliphatic rings. The van der Waals surface area contributed by atoms with Gasteiger partial charge in [-0.1, -0.05) is 33.1 Å². The maximum atomic E-state index is 5.43. The van der Waals surface area contributed by atoms with E-state index in [4.69, 9.17) is 5.84 Å². The van der Waals surface area contributed by atoms with Crippen molar-refractivity contribution in [2.24, 2.45) is 17.2 Å². The van der Waals surface area contributed by atoms with Crippen LogP contribution in [0.25, 0.3) is 0 Å². The number of rotatable bonds is 3. The normalized spacial score (nSPS) is 23.0. The lowest BCUT2D eigenvalue weighted by atomic mass is 9.67. The average Bonchev–Trinajstić information content (AvgIpc) is 2.06. The fourth-order valence-electron chi connectivity index (χ4n) is 2.42. The maximum absolute atomic E-state index is 5.43. The number of hydrazine groups is 1. The highest BCUT2D eigenvalue weighted by Crippen LogP contribution is 2.41. The summed E-state index contributed by atoms with van der Waals surface area (Å²) in [6.45, 7) is 5.63. The van der Waals surface area contributed by atoms with Crippen LogP contribution in [0.2, 0.25) is 0 Å². The lowest BCUT2D eigenvalue weighted by molar-refractivity contribution is 0.116. The molecule has 2 heteroatoms. The van der Waals surface area contributed by atoms with Gasteiger partial charge in [-0.2, -0.15) is 0 Å². The first-order chi connectivity index (χ1) is 5.71. The zero-order chi connectivity index (χ0) is 9.03. The Labute approximate surface area is 75.9 Å². The largest absolute Gasteiger partial charge is 0.271 e. The fraction of sp³-hybridized carbons (Fsp3) is 1.00. The van der Waals surface area contributed by atoms with E-state index in [0.717, 1.165) is 12.5 Å². The molecule has 0 aromatic heterocycles. The molecule has 0 radical (unpaired) electrons. The Kier molecular flexibility index (Phi) is 3.53. The van der Waals surface area contributed by atoms with Crippen molar-refractivity contribution in [1.82, 2.24) is 5.43 Å². The van der Waals surface area contributed by atoms with Crippen LogP contribution in [-0.4, -0.2) is 6.54 Å². The molecular formula is C10H22N2. The Morgan fingerprint density at radius 2 is 1.83 bits per heavy atom. The van der Waals surface area contributed by atoms with Crippen LogP contribution in [0.15, 0.2) is 0 Å². The van der Waals surface area contributed by atoms with Gasteiger partial charge in [-0.3, -0.25) is 11.3 Å². The summed E-state index contributed by atoms with van der Waals surface area (Å²) >= 11 is 0. The molecule has 0 saturated heterocycles. The molecule has 0 aliphatic heterocycles. The van der Waals surface area contributed by atoms with Crippen molar-refractivity contribution in [3.63, 3.8) is 0 Å². The third-order valence-electron chi connectivity index (χ3n) is 3.53. The van der Waals surface area contributed by atoms with E-state index in [1.165, 1.54) is 32.1 Å². The van der Waals surface area contributed by atoms with Gasteiger partial charge in [0.1, 0.15) is 0 Å². The lowest BCUT2D eigenvalue weighted by Crippen LogP contribution is -2.42. The summed E-state index contributed by atoms with van der Waals surface area (Å²) in [5, 5.41) is 0. The van der Waals surface area contributed by atoms with Crippen LogP contribution in [0.4, 0.5) is 0 Å². The minimum atomic E-state index is 0.493. The van der Waals surface area contributed by atoms with Crippen molar-refractivity contribution >= 4 is 0 Å². The Hall–Kier alpha value is -0.0800. The van der Waals surface area contributed by atoms with Crippen LogP contribution in [0, 0.1) is 11.3 Å². The van der Waals surface area contributed by atoms with Crippen LogP contribution < -0.4 is 11.3 Å². The summed E-state index contributed by atoms with van der Waals surface area (Å²) < 4.78 is 0. The first-order valence-corrected chi connectivity index (χ1v) is 5.15. The SMILES string of the molecule is CC(C)C1(CNN)CCCCC1. The molecule has 1 aliphatic carbocycles. The summed E-state index contributed by atoms with van der Waals surface area (Å²) in [6, 6.07) is 0. The average molecular weight is 170 g/mol. The monoisotopic (exact) mass is 170 g/mol. The molecule has 72 valence electrons. The van der Waals surface area contributed by atoms with E-state index in [1.807, 2.05) is 0 Å². The van der Waals surface area contributed by atoms with E-state index in [9.17, 15) is 0 Å². The molecule has 12 heavy (non-hydrogen) atoms. The molecule has 0 aromatic carbocycles. The molecule has 0 spiro atoms. The van der Waals surface area contributed by atoms with E-state index in [0.29, 0.717) is 5.41 Å². The third-order valence-corrected chi connectivity index (χ3v) is 3.53. The Bertz CT molecular complexity index is 120. The highest BCUT2D eigenvalue weighted by molar-refractivity contribution is 4.86. The van der Waals surface area contributed by atoms with Crippen molar-refractivity contribution in [2.75, 3.05) is 6.54 Å². The highest BCUT2D eigenvalue weighted by atomic mass is 15.2. The predicted molar refractivity (Wildman–Crippen MR) is 52.5 cm³/mol. The topological polar surface area (TPSA) is 38.0 Å². The van der Waals surface area contributed by atoms with E-state index in [1.54, 1.807) is 0 Å². The van der Waals surface area contributed by atoms with Crippen LogP contribution in [0.5, 0.6) is 0 Å². The van der Waals surface area contributed by atoms with Gasteiger partial charge in [-0.25, -0.2) is 0 Å². The third kappa shape index (κ3) is 1.99. The van der Waals surface area contributed by atoms with Gasteiger partial charge in [0.25, 0.3) is 0 Å². The van der Waals surface area contributed by atoms with Gasteiger partial charge >= 0.3 is 0 Å². The highest BCUT2D eigenvalue weighted by Gasteiger charge is 2.34. The minimum Gasteiger partial charge on any atom is -0.271 e. The van der Waals surface area contributed by atoms with Crippen molar-refractivity contribution in [1.29, 1.82) is 0 Å². The van der Waals surface area contributed by atoms with E-state index in [-0.39, 0.29) is 0 Å². The van der Waals surface area contributed by atoms with Gasteiger partial charge in [0.15, 0.2) is 0 Å². The molecule has 0 aromatic rings. The standard InChI is InChI=1S/C10H22N2/c1-9(2)10(8-12-11)6-4-3-5-7-10/h9,12H,3-8,11H2,1-2H3. The van der Waals surface area contributed by atoms with Crippen LogP contribution in [0.3, 0.4) is 0 Å². The molecule has 1 fully saturated rings. The second-order valence-corrected chi connectivity index (χ2v) is 4.46. The molecule has 3 N–H and O–H groups in total. The molecule has 1 saturated carbocycles. The van der Waals surface area contributed by atoms with Gasteiger partial charge in [0, 0.05) is 6.54 Å². The molecular weight excluding hydrogens is 148 g/mol. The van der Waals surface area contributed by atoms with Gasteiger partial charge in [0.05, 0.1) is 0 Å². The summed E-state index contributed by atoms with van der Waals surface area (Å²) in [5.41, 5.74) is 3.35. The van der Waals surface area contributed by atoms with Gasteiger partial charge < -0.3 is 0 Å². The lowest BCUT2D eigenvalue weighted by Gasteiger charge is -2.40. The second-order valence-electron chi connectivity index (χ2n) is 4.46. The molecule has 2 nitrogen and oxygen atoms in total. The maximum Gasteiger partial charge on any atom is 0.0156 e. The quantitative estimate of drug-likeness (QED) is 0.502. The summed E-state index contributed by atoms with van der Waals surface area (Å²) in [4.78, 5) is 0. The number of hydrogen-bond donors (Lipinski definition) is 2. The summed E-state index contributed by atoms with van der Waals surface area (Å²) in [6.07, 6.45) is 6.91. The van der Waals surface area contributed by atoms with Crippen molar-refractivity contribution in [3.05, 3.63) is 0 Å². The second kappa shape index (κ2) is 4.24. The summed E-state index contributed by atoms with van der Waals surface area (Å²) in [5.74, 6) is 6.19. The predicted octanol–water partition coefficient (Wildman–Crippen LogP) is 2.06. The number of hydrogen-bond acceptors (Lipinski definition) is 2. The Balaban J connectivity index is 2.56. The number of nitrogens with one attached hydrogen (secondary N) is 1. The summed E-state index contributed by atoms with van der Waals surface area (Å²) in [7, 11) is 0. The van der Waals surface area contributed by atoms with Crippen LogP contribution in [0.1, 0.15) is 46.0 Å². The molecule has 0 amide bonds. The van der Waals surface area contributed by atoms with Gasteiger partial charge in [-0.05, 0) is 24.2 Å². The first-order valence-electron chi connectivity index (χ1n) is 5.15. The van der Waals surface area contributed by atoms with Gasteiger partial charge in [0.2, 0.25) is 0 Å². The van der Waals surface area contributed by atoms with Crippen LogP contribution >= 0.6 is 0 Å². The minimum absolute atomic E-state index is 0.493. The van der Waals surface area contributed by atoms with Crippen molar-refractivity contribution in [2.45, 2.75) is 46.0 Å². The van der Waals surface area contributed by atoms with Crippen LogP contribution in [-0.2, 0) is 0 Å². The fourth-order valence-corrected chi connectivity index (χ4v) is 2.42. The Morgan fingerprint density at radius 1 is 1.25 bits per heavy atom. The zero-order valence-electron chi connectivity index (χ0n) is 8.40. The van der Waals surface area contributed by atoms with E-state index >= 15 is 0 Å². The van der Waals surface area contributed by atoms with Crippen molar-refractivity contribution < 1.29 is 0 Å². The van der Waals surface area contributed by atoms with E-state index in [2.05, 4.69) is 19.3 Å². The molecule has 0 heterocycles. The molecule has 1 rings (SSSR count). The first kappa shape index (κ1) is 10.0. The smallest absolute Gasteiger partial charge is 0.0156 e. The van der Waals surface area contributed by atoms with Gasteiger partial charge in [-0.15, -0.1) is 0 Å². The number of nitrogens with two attached hydrogens (primary N) is 1. The Morgan fingerprint density at radius 3 is 2.25 bits per heavy atom. The molecule has 0 bridgehead atoms. The molecule has 0 unspecified atom stereocenters. The van der Waals surface area contributed by atoms with Crippen molar-refractivity contribution in [3.8, 4) is 0 Å². The molecule has 0 atom stereocenters. The zero-order valence-corrected chi connectivity index (χ0v) is 8.40. The van der Waals surface area contributed by atoms with E-state index < -0.39 is 0 Å².